The Hall–Kier alpha value is -2.31. The molecule has 0 unspecified atom stereocenters. The second kappa shape index (κ2) is 4.99. The highest BCUT2D eigenvalue weighted by molar-refractivity contribution is 5.54. The fourth-order valence-corrected chi connectivity index (χ4v) is 1.52. The quantitative estimate of drug-likeness (QED) is 0.658. The van der Waals surface area contributed by atoms with Crippen LogP contribution in [0.25, 0.3) is 0 Å². The third-order valence-corrected chi connectivity index (χ3v) is 2.48. The predicted octanol–water partition coefficient (Wildman–Crippen LogP) is 4.36. The Kier molecular flexibility index (Phi) is 3.52. The van der Waals surface area contributed by atoms with Gasteiger partial charge in [-0.2, -0.15) is 13.2 Å². The van der Waals surface area contributed by atoms with Crippen LogP contribution in [0.15, 0.2) is 36.4 Å². The summed E-state index contributed by atoms with van der Waals surface area (Å²) in [5.41, 5.74) is 3.58. The molecular formula is C13H8F5NO. The number of benzene rings is 2. The standard InChI is InChI=1S/C13H8F5NO/c14-9-5-4-7(6-8(9)13(16,17)18)20-11-3-1-2-10(15)12(11)19/h1-6H,19H2. The number of para-hydroxylation sites is 1. The van der Waals surface area contributed by atoms with E-state index >= 15 is 0 Å². The van der Waals surface area contributed by atoms with Gasteiger partial charge in [0, 0.05) is 0 Å². The van der Waals surface area contributed by atoms with Crippen LogP contribution in [0, 0.1) is 11.6 Å². The highest BCUT2D eigenvalue weighted by atomic mass is 19.4. The Morgan fingerprint density at radius 3 is 2.30 bits per heavy atom. The summed E-state index contributed by atoms with van der Waals surface area (Å²) in [6, 6.07) is 5.75. The van der Waals surface area contributed by atoms with Gasteiger partial charge in [-0.15, -0.1) is 0 Å². The minimum Gasteiger partial charge on any atom is -0.455 e. The lowest BCUT2D eigenvalue weighted by molar-refractivity contribution is -0.140. The summed E-state index contributed by atoms with van der Waals surface area (Å²) in [5.74, 6) is -2.63. The molecule has 2 N–H and O–H groups in total. The second-order valence-electron chi connectivity index (χ2n) is 3.89. The Morgan fingerprint density at radius 2 is 1.65 bits per heavy atom. The van der Waals surface area contributed by atoms with E-state index in [4.69, 9.17) is 10.5 Å². The molecule has 106 valence electrons. The Balaban J connectivity index is 2.38. The van der Waals surface area contributed by atoms with Crippen molar-refractivity contribution in [3.63, 3.8) is 0 Å². The molecule has 0 fully saturated rings. The molecule has 0 saturated carbocycles. The monoisotopic (exact) mass is 289 g/mol. The van der Waals surface area contributed by atoms with Crippen molar-refractivity contribution in [3.8, 4) is 11.5 Å². The molecular weight excluding hydrogens is 281 g/mol. The van der Waals surface area contributed by atoms with E-state index in [1.54, 1.807) is 0 Å². The summed E-state index contributed by atoms with van der Waals surface area (Å²) in [4.78, 5) is 0. The third kappa shape index (κ3) is 2.81. The minimum absolute atomic E-state index is 0.148. The summed E-state index contributed by atoms with van der Waals surface area (Å²) in [6.07, 6.45) is -4.85. The normalized spacial score (nSPS) is 11.4. The Bertz CT molecular complexity index is 639. The Morgan fingerprint density at radius 1 is 0.950 bits per heavy atom. The van der Waals surface area contributed by atoms with Crippen molar-refractivity contribution in [3.05, 3.63) is 53.6 Å². The SMILES string of the molecule is Nc1c(F)cccc1Oc1ccc(F)c(C(F)(F)F)c1. The number of anilines is 1. The van der Waals surface area contributed by atoms with E-state index in [1.807, 2.05) is 0 Å². The molecule has 0 aromatic heterocycles. The lowest BCUT2D eigenvalue weighted by atomic mass is 10.2. The lowest BCUT2D eigenvalue weighted by Crippen LogP contribution is -2.08. The number of alkyl halides is 3. The molecule has 2 nitrogen and oxygen atoms in total. The van der Waals surface area contributed by atoms with Crippen molar-refractivity contribution >= 4 is 5.69 Å². The van der Waals surface area contributed by atoms with Crippen molar-refractivity contribution in [2.24, 2.45) is 0 Å². The van der Waals surface area contributed by atoms with Crippen LogP contribution in [0.1, 0.15) is 5.56 Å². The zero-order chi connectivity index (χ0) is 14.9. The first kappa shape index (κ1) is 14.1. The molecule has 0 aliphatic carbocycles. The van der Waals surface area contributed by atoms with Crippen molar-refractivity contribution < 1.29 is 26.7 Å². The van der Waals surface area contributed by atoms with Gasteiger partial charge in [-0.25, -0.2) is 8.78 Å². The van der Waals surface area contributed by atoms with Crippen molar-refractivity contribution in [2.45, 2.75) is 6.18 Å². The molecule has 0 radical (unpaired) electrons. The van der Waals surface area contributed by atoms with Crippen molar-refractivity contribution in [2.75, 3.05) is 5.73 Å². The summed E-state index contributed by atoms with van der Waals surface area (Å²) < 4.78 is 68.9. The highest BCUT2D eigenvalue weighted by Crippen LogP contribution is 2.36. The predicted molar refractivity (Wildman–Crippen MR) is 62.3 cm³/mol. The van der Waals surface area contributed by atoms with Crippen molar-refractivity contribution in [1.29, 1.82) is 0 Å². The topological polar surface area (TPSA) is 35.2 Å². The third-order valence-electron chi connectivity index (χ3n) is 2.48. The smallest absolute Gasteiger partial charge is 0.419 e. The molecule has 0 aliphatic heterocycles. The lowest BCUT2D eigenvalue weighted by Gasteiger charge is -2.12. The maximum absolute atomic E-state index is 13.2. The molecule has 0 saturated heterocycles. The number of rotatable bonds is 2. The van der Waals surface area contributed by atoms with E-state index in [-0.39, 0.29) is 17.2 Å². The van der Waals surface area contributed by atoms with E-state index in [1.165, 1.54) is 12.1 Å². The summed E-state index contributed by atoms with van der Waals surface area (Å²) in [6.45, 7) is 0. The molecule has 0 heterocycles. The number of hydrogen-bond acceptors (Lipinski definition) is 2. The summed E-state index contributed by atoms with van der Waals surface area (Å²) in [5, 5.41) is 0. The molecule has 2 aromatic rings. The molecule has 0 atom stereocenters. The fourth-order valence-electron chi connectivity index (χ4n) is 1.52. The average Bonchev–Trinajstić information content (AvgIpc) is 2.36. The molecule has 0 bridgehead atoms. The fraction of sp³-hybridized carbons (Fsp3) is 0.0769. The first-order valence-corrected chi connectivity index (χ1v) is 5.37. The van der Waals surface area contributed by atoms with Crippen LogP contribution in [-0.2, 0) is 6.18 Å². The van der Waals surface area contributed by atoms with Gasteiger partial charge >= 0.3 is 6.18 Å². The number of ether oxygens (including phenoxy) is 1. The van der Waals surface area contributed by atoms with Crippen molar-refractivity contribution in [1.82, 2.24) is 0 Å². The first-order valence-electron chi connectivity index (χ1n) is 5.37. The van der Waals surface area contributed by atoms with Crippen LogP contribution >= 0.6 is 0 Å². The van der Waals surface area contributed by atoms with Gasteiger partial charge in [-0.1, -0.05) is 6.07 Å². The van der Waals surface area contributed by atoms with Crippen LogP contribution in [-0.4, -0.2) is 0 Å². The summed E-state index contributed by atoms with van der Waals surface area (Å²) >= 11 is 0. The molecule has 0 spiro atoms. The van der Waals surface area contributed by atoms with Gasteiger partial charge in [0.1, 0.15) is 23.1 Å². The second-order valence-corrected chi connectivity index (χ2v) is 3.89. The summed E-state index contributed by atoms with van der Waals surface area (Å²) in [7, 11) is 0. The highest BCUT2D eigenvalue weighted by Gasteiger charge is 2.34. The van der Waals surface area contributed by atoms with Gasteiger partial charge in [0.2, 0.25) is 0 Å². The van der Waals surface area contributed by atoms with E-state index in [0.29, 0.717) is 12.1 Å². The van der Waals surface area contributed by atoms with Crippen LogP contribution in [0.2, 0.25) is 0 Å². The number of hydrogen-bond donors (Lipinski definition) is 1. The van der Waals surface area contributed by atoms with Crippen LogP contribution < -0.4 is 10.5 Å². The van der Waals surface area contributed by atoms with E-state index in [2.05, 4.69) is 0 Å². The molecule has 2 rings (SSSR count). The number of nitrogens with two attached hydrogens (primary N) is 1. The van der Waals surface area contributed by atoms with Crippen LogP contribution in [0.5, 0.6) is 11.5 Å². The van der Waals surface area contributed by atoms with E-state index < -0.39 is 23.4 Å². The van der Waals surface area contributed by atoms with Gasteiger partial charge in [0.05, 0.1) is 5.56 Å². The Labute approximate surface area is 110 Å². The van der Waals surface area contributed by atoms with Gasteiger partial charge in [0.25, 0.3) is 0 Å². The van der Waals surface area contributed by atoms with Crippen LogP contribution in [0.4, 0.5) is 27.6 Å². The molecule has 0 aliphatic rings. The maximum Gasteiger partial charge on any atom is 0.419 e. The number of halogens is 5. The van der Waals surface area contributed by atoms with Gasteiger partial charge in [-0.3, -0.25) is 0 Å². The molecule has 2 aromatic carbocycles. The largest absolute Gasteiger partial charge is 0.455 e. The van der Waals surface area contributed by atoms with Gasteiger partial charge in [0.15, 0.2) is 5.75 Å². The zero-order valence-corrected chi connectivity index (χ0v) is 9.84. The molecule has 20 heavy (non-hydrogen) atoms. The minimum atomic E-state index is -4.85. The van der Waals surface area contributed by atoms with E-state index in [0.717, 1.165) is 12.1 Å². The van der Waals surface area contributed by atoms with Gasteiger partial charge in [-0.05, 0) is 30.3 Å². The maximum atomic E-state index is 13.2. The first-order chi connectivity index (χ1) is 9.29. The number of nitrogen functional groups attached to an aromatic ring is 1. The molecule has 0 amide bonds. The van der Waals surface area contributed by atoms with Gasteiger partial charge < -0.3 is 10.5 Å². The van der Waals surface area contributed by atoms with E-state index in [9.17, 15) is 22.0 Å². The van der Waals surface area contributed by atoms with Crippen LogP contribution in [0.3, 0.4) is 0 Å². The molecule has 7 heteroatoms. The average molecular weight is 289 g/mol. The zero-order valence-electron chi connectivity index (χ0n) is 9.84.